The molecule has 13 heavy (non-hydrogen) atoms. The van der Waals surface area contributed by atoms with Crippen molar-refractivity contribution >= 4 is 5.97 Å². The Labute approximate surface area is 79.6 Å². The lowest BCUT2D eigenvalue weighted by molar-refractivity contribution is -0.142. The number of esters is 1. The Morgan fingerprint density at radius 3 is 2.23 bits per heavy atom. The fourth-order valence-corrected chi connectivity index (χ4v) is 0.831. The van der Waals surface area contributed by atoms with E-state index in [1.165, 1.54) is 7.11 Å². The number of allylic oxidation sites excluding steroid dienone is 2. The van der Waals surface area contributed by atoms with Crippen LogP contribution in [0.4, 0.5) is 0 Å². The number of hydrogen-bond acceptors (Lipinski definition) is 2. The van der Waals surface area contributed by atoms with E-state index in [0.29, 0.717) is 0 Å². The standard InChI is InChI=1S/C11H16O2/c1-8(2)6-7-10(9(3)4)11(12)13-5/h6-7,10H,1,3H2,2,4-5H3/b7-6+. The molecule has 0 amide bonds. The summed E-state index contributed by atoms with van der Waals surface area (Å²) in [5.74, 6) is -0.647. The van der Waals surface area contributed by atoms with Crippen LogP contribution < -0.4 is 0 Å². The second-order valence-corrected chi connectivity index (χ2v) is 3.05. The largest absolute Gasteiger partial charge is 0.468 e. The van der Waals surface area contributed by atoms with Gasteiger partial charge in [-0.3, -0.25) is 4.79 Å². The Morgan fingerprint density at radius 1 is 1.38 bits per heavy atom. The summed E-state index contributed by atoms with van der Waals surface area (Å²) in [6, 6.07) is 0. The van der Waals surface area contributed by atoms with Crippen LogP contribution in [0.2, 0.25) is 0 Å². The summed E-state index contributed by atoms with van der Waals surface area (Å²) in [7, 11) is 1.37. The Kier molecular flexibility index (Phi) is 4.82. The summed E-state index contributed by atoms with van der Waals surface area (Å²) in [4.78, 5) is 11.2. The molecule has 0 bridgehead atoms. The average molecular weight is 180 g/mol. The topological polar surface area (TPSA) is 26.3 Å². The molecule has 0 fully saturated rings. The Hall–Kier alpha value is -1.31. The molecule has 1 atom stereocenters. The second kappa shape index (κ2) is 5.36. The Balaban J connectivity index is 4.53. The first-order chi connectivity index (χ1) is 5.99. The minimum atomic E-state index is -0.360. The first-order valence-electron chi connectivity index (χ1n) is 4.06. The second-order valence-electron chi connectivity index (χ2n) is 3.05. The predicted octanol–water partition coefficient (Wildman–Crippen LogP) is 2.48. The first kappa shape index (κ1) is 11.7. The number of rotatable bonds is 4. The van der Waals surface area contributed by atoms with Gasteiger partial charge in [0.25, 0.3) is 0 Å². The van der Waals surface area contributed by atoms with Gasteiger partial charge in [0.05, 0.1) is 13.0 Å². The molecule has 2 heteroatoms. The number of ether oxygens (including phenoxy) is 1. The molecule has 0 aliphatic carbocycles. The van der Waals surface area contributed by atoms with Crippen molar-refractivity contribution in [2.75, 3.05) is 7.11 Å². The number of carbonyl (C=O) groups is 1. The molecule has 0 aliphatic rings. The van der Waals surface area contributed by atoms with E-state index in [1.807, 2.05) is 6.92 Å². The lowest BCUT2D eigenvalue weighted by Gasteiger charge is -2.09. The van der Waals surface area contributed by atoms with Gasteiger partial charge in [0, 0.05) is 0 Å². The van der Waals surface area contributed by atoms with Gasteiger partial charge in [-0.1, -0.05) is 36.5 Å². The highest BCUT2D eigenvalue weighted by Crippen LogP contribution is 2.12. The minimum Gasteiger partial charge on any atom is -0.468 e. The van der Waals surface area contributed by atoms with E-state index in [0.717, 1.165) is 11.1 Å². The van der Waals surface area contributed by atoms with Gasteiger partial charge in [0.15, 0.2) is 0 Å². The third-order valence-electron chi connectivity index (χ3n) is 1.56. The average Bonchev–Trinajstić information content (AvgIpc) is 2.03. The zero-order valence-corrected chi connectivity index (χ0v) is 8.46. The maximum atomic E-state index is 11.2. The van der Waals surface area contributed by atoms with E-state index in [1.54, 1.807) is 19.1 Å². The molecule has 0 saturated carbocycles. The van der Waals surface area contributed by atoms with Gasteiger partial charge in [0.2, 0.25) is 0 Å². The van der Waals surface area contributed by atoms with Crippen LogP contribution in [0.1, 0.15) is 13.8 Å². The van der Waals surface area contributed by atoms with Crippen molar-refractivity contribution < 1.29 is 9.53 Å². The van der Waals surface area contributed by atoms with Gasteiger partial charge in [-0.05, 0) is 13.8 Å². The summed E-state index contributed by atoms with van der Waals surface area (Å²) in [6.07, 6.45) is 3.53. The molecule has 0 aromatic rings. The summed E-state index contributed by atoms with van der Waals surface area (Å²) in [6.45, 7) is 11.1. The van der Waals surface area contributed by atoms with Gasteiger partial charge in [-0.2, -0.15) is 0 Å². The van der Waals surface area contributed by atoms with E-state index in [4.69, 9.17) is 0 Å². The van der Waals surface area contributed by atoms with Crippen LogP contribution in [-0.4, -0.2) is 13.1 Å². The molecule has 0 radical (unpaired) electrons. The van der Waals surface area contributed by atoms with Crippen LogP contribution >= 0.6 is 0 Å². The zero-order valence-electron chi connectivity index (χ0n) is 8.46. The monoisotopic (exact) mass is 180 g/mol. The normalized spacial score (nSPS) is 12.5. The first-order valence-corrected chi connectivity index (χ1v) is 4.06. The van der Waals surface area contributed by atoms with Crippen molar-refractivity contribution in [2.24, 2.45) is 5.92 Å². The van der Waals surface area contributed by atoms with Crippen molar-refractivity contribution in [3.8, 4) is 0 Å². The number of hydrogen-bond donors (Lipinski definition) is 0. The third kappa shape index (κ3) is 4.31. The van der Waals surface area contributed by atoms with Gasteiger partial charge < -0.3 is 4.74 Å². The van der Waals surface area contributed by atoms with Crippen molar-refractivity contribution in [2.45, 2.75) is 13.8 Å². The maximum absolute atomic E-state index is 11.2. The smallest absolute Gasteiger partial charge is 0.316 e. The summed E-state index contributed by atoms with van der Waals surface area (Å²) in [5, 5.41) is 0. The fraction of sp³-hybridized carbons (Fsp3) is 0.364. The van der Waals surface area contributed by atoms with Gasteiger partial charge in [-0.25, -0.2) is 0 Å². The SMILES string of the molecule is C=C(C)/C=C/C(C(=C)C)C(=O)OC. The van der Waals surface area contributed by atoms with Gasteiger partial charge in [-0.15, -0.1) is 0 Å². The summed E-state index contributed by atoms with van der Waals surface area (Å²) >= 11 is 0. The molecule has 0 aromatic heterocycles. The molecule has 0 rings (SSSR count). The van der Waals surface area contributed by atoms with Crippen LogP contribution in [0.3, 0.4) is 0 Å². The quantitative estimate of drug-likeness (QED) is 0.377. The molecule has 0 aromatic carbocycles. The highest BCUT2D eigenvalue weighted by molar-refractivity contribution is 5.77. The lowest BCUT2D eigenvalue weighted by atomic mass is 10.0. The summed E-state index contributed by atoms with van der Waals surface area (Å²) < 4.78 is 4.63. The van der Waals surface area contributed by atoms with Crippen LogP contribution in [-0.2, 0) is 9.53 Å². The fourth-order valence-electron chi connectivity index (χ4n) is 0.831. The van der Waals surface area contributed by atoms with E-state index in [2.05, 4.69) is 17.9 Å². The van der Waals surface area contributed by atoms with Crippen molar-refractivity contribution in [3.63, 3.8) is 0 Å². The van der Waals surface area contributed by atoms with Crippen LogP contribution in [0.15, 0.2) is 36.5 Å². The number of methoxy groups -OCH3 is 1. The van der Waals surface area contributed by atoms with E-state index in [-0.39, 0.29) is 11.9 Å². The molecule has 0 spiro atoms. The van der Waals surface area contributed by atoms with E-state index in [9.17, 15) is 4.79 Å². The van der Waals surface area contributed by atoms with Crippen molar-refractivity contribution in [3.05, 3.63) is 36.5 Å². The molecule has 0 N–H and O–H groups in total. The number of carbonyl (C=O) groups excluding carboxylic acids is 1. The highest BCUT2D eigenvalue weighted by Gasteiger charge is 2.15. The van der Waals surface area contributed by atoms with Gasteiger partial charge in [0.1, 0.15) is 0 Å². The molecular weight excluding hydrogens is 164 g/mol. The third-order valence-corrected chi connectivity index (χ3v) is 1.56. The molecule has 1 unspecified atom stereocenters. The van der Waals surface area contributed by atoms with E-state index >= 15 is 0 Å². The van der Waals surface area contributed by atoms with Crippen molar-refractivity contribution in [1.29, 1.82) is 0 Å². The van der Waals surface area contributed by atoms with E-state index < -0.39 is 0 Å². The molecule has 0 heterocycles. The minimum absolute atomic E-state index is 0.287. The highest BCUT2D eigenvalue weighted by atomic mass is 16.5. The molecule has 2 nitrogen and oxygen atoms in total. The van der Waals surface area contributed by atoms with Gasteiger partial charge >= 0.3 is 5.97 Å². The Bertz CT molecular complexity index is 249. The molecule has 0 aliphatic heterocycles. The Morgan fingerprint density at radius 2 is 1.92 bits per heavy atom. The van der Waals surface area contributed by atoms with Crippen LogP contribution in [0.5, 0.6) is 0 Å². The van der Waals surface area contributed by atoms with Crippen LogP contribution in [0, 0.1) is 5.92 Å². The maximum Gasteiger partial charge on any atom is 0.316 e. The van der Waals surface area contributed by atoms with Crippen molar-refractivity contribution in [1.82, 2.24) is 0 Å². The molecule has 72 valence electrons. The summed E-state index contributed by atoms with van der Waals surface area (Å²) in [5.41, 5.74) is 1.67. The van der Waals surface area contributed by atoms with Crippen LogP contribution in [0.25, 0.3) is 0 Å². The molecule has 0 saturated heterocycles. The molecular formula is C11H16O2. The predicted molar refractivity (Wildman–Crippen MR) is 54.3 cm³/mol. The zero-order chi connectivity index (χ0) is 10.4. The lowest BCUT2D eigenvalue weighted by Crippen LogP contribution is -2.14.